The lowest BCUT2D eigenvalue weighted by molar-refractivity contribution is -0.138. The van der Waals surface area contributed by atoms with Crippen LogP contribution in [0.5, 0.6) is 5.75 Å². The molecule has 1 heterocycles. The van der Waals surface area contributed by atoms with Gasteiger partial charge in [0.1, 0.15) is 5.75 Å². The summed E-state index contributed by atoms with van der Waals surface area (Å²) >= 11 is 5.82. The Kier molecular flexibility index (Phi) is 6.11. The van der Waals surface area contributed by atoms with Crippen molar-refractivity contribution in [1.29, 1.82) is 0 Å². The SMILES string of the molecule is O=C(N/N=C/c1cccc2c1ccn2Cc1ccccc1C(F)(F)F)c1ccc(O)c(Cl)c1. The number of phenols is 1. The lowest BCUT2D eigenvalue weighted by Gasteiger charge is -2.14. The van der Waals surface area contributed by atoms with Crippen LogP contribution in [-0.2, 0) is 12.7 Å². The van der Waals surface area contributed by atoms with Crippen LogP contribution in [-0.4, -0.2) is 21.8 Å². The van der Waals surface area contributed by atoms with Crippen molar-refractivity contribution >= 4 is 34.6 Å². The van der Waals surface area contributed by atoms with Crippen molar-refractivity contribution in [2.24, 2.45) is 5.10 Å². The molecule has 4 aromatic rings. The zero-order chi connectivity index (χ0) is 23.6. The highest BCUT2D eigenvalue weighted by atomic mass is 35.5. The fourth-order valence-corrected chi connectivity index (χ4v) is 3.67. The molecule has 0 radical (unpaired) electrons. The first-order valence-electron chi connectivity index (χ1n) is 9.79. The van der Waals surface area contributed by atoms with Gasteiger partial charge in [-0.25, -0.2) is 5.43 Å². The topological polar surface area (TPSA) is 66.6 Å². The van der Waals surface area contributed by atoms with Crippen molar-refractivity contribution in [3.05, 3.63) is 100 Å². The van der Waals surface area contributed by atoms with Gasteiger partial charge in [-0.3, -0.25) is 4.79 Å². The molecule has 2 N–H and O–H groups in total. The van der Waals surface area contributed by atoms with Crippen LogP contribution in [0.15, 0.2) is 78.0 Å². The summed E-state index contributed by atoms with van der Waals surface area (Å²) in [6.45, 7) is 0.0537. The van der Waals surface area contributed by atoms with E-state index in [0.29, 0.717) is 5.56 Å². The molecule has 0 aliphatic carbocycles. The Morgan fingerprint density at radius 2 is 1.88 bits per heavy atom. The molecular weight excluding hydrogens is 455 g/mol. The molecule has 3 aromatic carbocycles. The van der Waals surface area contributed by atoms with Crippen molar-refractivity contribution in [2.75, 3.05) is 0 Å². The molecule has 1 amide bonds. The number of nitrogens with zero attached hydrogens (tertiary/aromatic N) is 2. The van der Waals surface area contributed by atoms with E-state index >= 15 is 0 Å². The lowest BCUT2D eigenvalue weighted by atomic mass is 10.1. The van der Waals surface area contributed by atoms with Crippen LogP contribution < -0.4 is 5.43 Å². The fourth-order valence-electron chi connectivity index (χ4n) is 3.49. The largest absolute Gasteiger partial charge is 0.506 e. The minimum atomic E-state index is -4.43. The van der Waals surface area contributed by atoms with Gasteiger partial charge in [0.2, 0.25) is 0 Å². The van der Waals surface area contributed by atoms with Gasteiger partial charge in [0.15, 0.2) is 0 Å². The van der Waals surface area contributed by atoms with Crippen molar-refractivity contribution in [2.45, 2.75) is 12.7 Å². The van der Waals surface area contributed by atoms with E-state index in [1.807, 2.05) is 0 Å². The Morgan fingerprint density at radius 1 is 1.09 bits per heavy atom. The van der Waals surface area contributed by atoms with Gasteiger partial charge in [0.05, 0.1) is 16.8 Å². The monoisotopic (exact) mass is 471 g/mol. The van der Waals surface area contributed by atoms with Crippen molar-refractivity contribution < 1.29 is 23.1 Å². The third-order valence-electron chi connectivity index (χ3n) is 5.09. The first kappa shape index (κ1) is 22.4. The third-order valence-corrected chi connectivity index (χ3v) is 5.39. The Balaban J connectivity index is 1.56. The van der Waals surface area contributed by atoms with Crippen molar-refractivity contribution in [3.8, 4) is 5.75 Å². The molecule has 0 saturated carbocycles. The van der Waals surface area contributed by atoms with Gasteiger partial charge < -0.3 is 9.67 Å². The van der Waals surface area contributed by atoms with E-state index in [-0.39, 0.29) is 28.4 Å². The van der Waals surface area contributed by atoms with E-state index in [2.05, 4.69) is 10.5 Å². The van der Waals surface area contributed by atoms with Gasteiger partial charge in [-0.2, -0.15) is 18.3 Å². The van der Waals surface area contributed by atoms with E-state index in [0.717, 1.165) is 17.0 Å². The predicted octanol–water partition coefficient (Wildman–Crippen LogP) is 5.83. The number of aromatic hydroxyl groups is 1. The van der Waals surface area contributed by atoms with Gasteiger partial charge in [0, 0.05) is 34.8 Å². The number of hydrazone groups is 1. The first-order valence-corrected chi connectivity index (χ1v) is 10.2. The van der Waals surface area contributed by atoms with Crippen LogP contribution in [0, 0.1) is 0 Å². The maximum atomic E-state index is 13.3. The van der Waals surface area contributed by atoms with Crippen LogP contribution in [0.1, 0.15) is 27.0 Å². The normalized spacial score (nSPS) is 11.9. The highest BCUT2D eigenvalue weighted by Gasteiger charge is 2.32. The van der Waals surface area contributed by atoms with Crippen molar-refractivity contribution in [1.82, 2.24) is 9.99 Å². The summed E-state index contributed by atoms with van der Waals surface area (Å²) in [5.41, 5.74) is 3.52. The number of benzene rings is 3. The molecule has 168 valence electrons. The molecule has 4 rings (SSSR count). The number of hydrogen-bond acceptors (Lipinski definition) is 3. The minimum absolute atomic E-state index is 0.0461. The Morgan fingerprint density at radius 3 is 2.64 bits per heavy atom. The quantitative estimate of drug-likeness (QED) is 0.284. The molecule has 0 bridgehead atoms. The molecule has 9 heteroatoms. The molecule has 0 aliphatic heterocycles. The summed E-state index contributed by atoms with van der Waals surface area (Å²) in [4.78, 5) is 12.2. The van der Waals surface area contributed by atoms with E-state index in [4.69, 9.17) is 11.6 Å². The smallest absolute Gasteiger partial charge is 0.416 e. The standard InChI is InChI=1S/C24H17ClF3N3O2/c25-20-12-15(8-9-22(20)32)23(33)30-29-13-16-5-3-7-21-18(16)10-11-31(21)14-17-4-1-2-6-19(17)24(26,27)28/h1-13,32H,14H2,(H,30,33)/b29-13+. The molecule has 33 heavy (non-hydrogen) atoms. The van der Waals surface area contributed by atoms with E-state index in [9.17, 15) is 23.1 Å². The zero-order valence-corrected chi connectivity index (χ0v) is 17.7. The Labute approximate surface area is 191 Å². The number of carbonyl (C=O) groups excluding carboxylic acids is 1. The van der Waals surface area contributed by atoms with Crippen LogP contribution in [0.2, 0.25) is 5.02 Å². The Hall–Kier alpha value is -3.78. The minimum Gasteiger partial charge on any atom is -0.506 e. The number of rotatable bonds is 5. The highest BCUT2D eigenvalue weighted by molar-refractivity contribution is 6.32. The first-order chi connectivity index (χ1) is 15.7. The van der Waals surface area contributed by atoms with Crippen LogP contribution in [0.3, 0.4) is 0 Å². The van der Waals surface area contributed by atoms with Crippen LogP contribution in [0.25, 0.3) is 10.9 Å². The average molecular weight is 472 g/mol. The molecule has 0 aliphatic rings. The molecule has 0 saturated heterocycles. The summed E-state index contributed by atoms with van der Waals surface area (Å²) in [5, 5.41) is 14.2. The summed E-state index contributed by atoms with van der Waals surface area (Å²) in [5.74, 6) is -0.646. The second-order valence-corrected chi connectivity index (χ2v) is 7.65. The fraction of sp³-hybridized carbons (Fsp3) is 0.0833. The number of fused-ring (bicyclic) bond motifs is 1. The van der Waals surface area contributed by atoms with E-state index < -0.39 is 17.6 Å². The van der Waals surface area contributed by atoms with Gasteiger partial charge in [0.25, 0.3) is 5.91 Å². The molecule has 5 nitrogen and oxygen atoms in total. The molecule has 0 fully saturated rings. The second kappa shape index (κ2) is 8.99. The van der Waals surface area contributed by atoms with Gasteiger partial charge in [-0.05, 0) is 42.0 Å². The van der Waals surface area contributed by atoms with Crippen LogP contribution in [0.4, 0.5) is 13.2 Å². The number of alkyl halides is 3. The lowest BCUT2D eigenvalue weighted by Crippen LogP contribution is -2.17. The number of aromatic nitrogens is 1. The highest BCUT2D eigenvalue weighted by Crippen LogP contribution is 2.33. The van der Waals surface area contributed by atoms with Crippen LogP contribution >= 0.6 is 11.6 Å². The second-order valence-electron chi connectivity index (χ2n) is 7.24. The number of hydrogen-bond donors (Lipinski definition) is 2. The maximum Gasteiger partial charge on any atom is 0.416 e. The van der Waals surface area contributed by atoms with Gasteiger partial charge in [-0.1, -0.05) is 41.9 Å². The maximum absolute atomic E-state index is 13.3. The Bertz CT molecular complexity index is 1360. The van der Waals surface area contributed by atoms with E-state index in [1.165, 1.54) is 36.5 Å². The molecule has 0 spiro atoms. The van der Waals surface area contributed by atoms with Crippen molar-refractivity contribution in [3.63, 3.8) is 0 Å². The average Bonchev–Trinajstić information content (AvgIpc) is 3.19. The molecule has 1 aromatic heterocycles. The molecule has 0 unspecified atom stereocenters. The molecule has 0 atom stereocenters. The summed E-state index contributed by atoms with van der Waals surface area (Å²) in [7, 11) is 0. The summed E-state index contributed by atoms with van der Waals surface area (Å²) in [6.07, 6.45) is -1.26. The predicted molar refractivity (Wildman–Crippen MR) is 121 cm³/mol. The summed E-state index contributed by atoms with van der Waals surface area (Å²) in [6, 6.07) is 16.7. The number of amides is 1. The number of halogens is 4. The number of nitrogens with one attached hydrogen (secondary N) is 1. The number of carbonyl (C=O) groups is 1. The number of phenolic OH excluding ortho intramolecular Hbond substituents is 1. The zero-order valence-electron chi connectivity index (χ0n) is 17.0. The van der Waals surface area contributed by atoms with Gasteiger partial charge >= 0.3 is 6.18 Å². The van der Waals surface area contributed by atoms with Gasteiger partial charge in [-0.15, -0.1) is 0 Å². The summed E-state index contributed by atoms with van der Waals surface area (Å²) < 4.78 is 41.8. The molecular formula is C24H17ClF3N3O2. The third kappa shape index (κ3) is 4.85. The van der Waals surface area contributed by atoms with E-state index in [1.54, 1.807) is 41.1 Å².